The van der Waals surface area contributed by atoms with Crippen molar-refractivity contribution in [2.45, 2.75) is 12.6 Å². The normalized spacial score (nSPS) is 18.3. The van der Waals surface area contributed by atoms with E-state index < -0.39 is 0 Å². The summed E-state index contributed by atoms with van der Waals surface area (Å²) in [6.07, 6.45) is 1.69. The molecule has 1 saturated heterocycles. The Bertz CT molecular complexity index is 664. The lowest BCUT2D eigenvalue weighted by Gasteiger charge is -2.32. The first-order valence-corrected chi connectivity index (χ1v) is 8.34. The number of carbonyl (C=O) groups excluding carboxylic acids is 1. The SMILES string of the molecule is O=C(CN1CCOC(c2ccc(Cl)cc2)C1)NCc1ccccn1. The quantitative estimate of drug-likeness (QED) is 0.904. The zero-order chi connectivity index (χ0) is 16.8. The van der Waals surface area contributed by atoms with Crippen LogP contribution in [0.2, 0.25) is 5.02 Å². The van der Waals surface area contributed by atoms with E-state index in [1.54, 1.807) is 6.20 Å². The average molecular weight is 346 g/mol. The molecule has 1 fully saturated rings. The van der Waals surface area contributed by atoms with E-state index in [1.165, 1.54) is 0 Å². The number of amides is 1. The number of hydrogen-bond donors (Lipinski definition) is 1. The lowest BCUT2D eigenvalue weighted by Crippen LogP contribution is -2.44. The standard InChI is InChI=1S/C18H20ClN3O2/c19-15-6-4-14(5-7-15)17-12-22(9-10-24-17)13-18(23)21-11-16-3-1-2-8-20-16/h1-8,17H,9-13H2,(H,21,23). The molecule has 1 aliphatic rings. The summed E-state index contributed by atoms with van der Waals surface area (Å²) < 4.78 is 5.82. The highest BCUT2D eigenvalue weighted by molar-refractivity contribution is 6.30. The Kier molecular flexibility index (Phi) is 5.80. The van der Waals surface area contributed by atoms with E-state index in [4.69, 9.17) is 16.3 Å². The van der Waals surface area contributed by atoms with Gasteiger partial charge in [0, 0.05) is 24.3 Å². The van der Waals surface area contributed by atoms with Gasteiger partial charge in [-0.2, -0.15) is 0 Å². The first-order valence-electron chi connectivity index (χ1n) is 7.97. The minimum Gasteiger partial charge on any atom is -0.371 e. The molecule has 1 atom stereocenters. The largest absolute Gasteiger partial charge is 0.371 e. The van der Waals surface area contributed by atoms with E-state index in [2.05, 4.69) is 15.2 Å². The Morgan fingerprint density at radius 2 is 2.12 bits per heavy atom. The van der Waals surface area contributed by atoms with Crippen molar-refractivity contribution >= 4 is 17.5 Å². The molecule has 24 heavy (non-hydrogen) atoms. The fraction of sp³-hybridized carbons (Fsp3) is 0.333. The molecule has 1 unspecified atom stereocenters. The molecule has 6 heteroatoms. The molecule has 0 aliphatic carbocycles. The summed E-state index contributed by atoms with van der Waals surface area (Å²) in [7, 11) is 0. The number of carbonyl (C=O) groups is 1. The molecule has 1 aromatic carbocycles. The van der Waals surface area contributed by atoms with Crippen molar-refractivity contribution in [1.82, 2.24) is 15.2 Å². The second kappa shape index (κ2) is 8.24. The maximum atomic E-state index is 12.1. The van der Waals surface area contributed by atoms with Crippen molar-refractivity contribution in [2.24, 2.45) is 0 Å². The summed E-state index contributed by atoms with van der Waals surface area (Å²) in [5.74, 6) is -0.00240. The minimum atomic E-state index is -0.0281. The molecule has 2 aromatic rings. The van der Waals surface area contributed by atoms with Crippen LogP contribution in [0.1, 0.15) is 17.4 Å². The molecule has 2 heterocycles. The van der Waals surface area contributed by atoms with Crippen LogP contribution in [0.15, 0.2) is 48.7 Å². The Morgan fingerprint density at radius 1 is 1.29 bits per heavy atom. The van der Waals surface area contributed by atoms with Gasteiger partial charge < -0.3 is 10.1 Å². The molecule has 0 spiro atoms. The number of aromatic nitrogens is 1. The van der Waals surface area contributed by atoms with Crippen LogP contribution in [0, 0.1) is 0 Å². The smallest absolute Gasteiger partial charge is 0.234 e. The summed E-state index contributed by atoms with van der Waals surface area (Å²) in [5.41, 5.74) is 1.94. The highest BCUT2D eigenvalue weighted by Gasteiger charge is 2.23. The van der Waals surface area contributed by atoms with Gasteiger partial charge in [-0.1, -0.05) is 29.8 Å². The van der Waals surface area contributed by atoms with E-state index in [9.17, 15) is 4.79 Å². The summed E-state index contributed by atoms with van der Waals surface area (Å²) in [6.45, 7) is 2.87. The average Bonchev–Trinajstić information content (AvgIpc) is 2.62. The minimum absolute atomic E-state index is 0.00240. The Hall–Kier alpha value is -1.95. The third kappa shape index (κ3) is 4.77. The third-order valence-corrected chi connectivity index (χ3v) is 4.20. The van der Waals surface area contributed by atoms with E-state index in [-0.39, 0.29) is 12.0 Å². The van der Waals surface area contributed by atoms with Crippen molar-refractivity contribution in [1.29, 1.82) is 0 Å². The second-order valence-corrected chi connectivity index (χ2v) is 6.18. The Morgan fingerprint density at radius 3 is 2.88 bits per heavy atom. The van der Waals surface area contributed by atoms with Gasteiger partial charge in [0.2, 0.25) is 5.91 Å². The van der Waals surface area contributed by atoms with Gasteiger partial charge in [0.1, 0.15) is 0 Å². The highest BCUT2D eigenvalue weighted by atomic mass is 35.5. The molecular formula is C18H20ClN3O2. The second-order valence-electron chi connectivity index (χ2n) is 5.74. The zero-order valence-corrected chi connectivity index (χ0v) is 14.1. The van der Waals surface area contributed by atoms with E-state index in [0.29, 0.717) is 31.3 Å². The molecule has 1 aliphatic heterocycles. The van der Waals surface area contributed by atoms with E-state index in [0.717, 1.165) is 17.8 Å². The first-order chi connectivity index (χ1) is 11.7. The number of morpholine rings is 1. The van der Waals surface area contributed by atoms with E-state index >= 15 is 0 Å². The van der Waals surface area contributed by atoms with Crippen molar-refractivity contribution in [2.75, 3.05) is 26.2 Å². The summed E-state index contributed by atoms with van der Waals surface area (Å²) >= 11 is 5.92. The molecule has 1 N–H and O–H groups in total. The van der Waals surface area contributed by atoms with Crippen LogP contribution in [0.4, 0.5) is 0 Å². The predicted octanol–water partition coefficient (Wildman–Crippen LogP) is 2.42. The van der Waals surface area contributed by atoms with Gasteiger partial charge in [-0.05, 0) is 29.8 Å². The molecule has 0 saturated carbocycles. The molecule has 0 bridgehead atoms. The number of nitrogens with one attached hydrogen (secondary N) is 1. The number of rotatable bonds is 5. The summed E-state index contributed by atoms with van der Waals surface area (Å²) in [4.78, 5) is 18.4. The van der Waals surface area contributed by atoms with Gasteiger partial charge in [-0.15, -0.1) is 0 Å². The van der Waals surface area contributed by atoms with Crippen LogP contribution in [0.3, 0.4) is 0 Å². The fourth-order valence-corrected chi connectivity index (χ4v) is 2.80. The van der Waals surface area contributed by atoms with Gasteiger partial charge in [-0.25, -0.2) is 0 Å². The third-order valence-electron chi connectivity index (χ3n) is 3.95. The number of nitrogens with zero attached hydrogens (tertiary/aromatic N) is 2. The molecular weight excluding hydrogens is 326 g/mol. The number of ether oxygens (including phenoxy) is 1. The summed E-state index contributed by atoms with van der Waals surface area (Å²) in [5, 5.41) is 3.62. The Labute approximate surface area is 146 Å². The lowest BCUT2D eigenvalue weighted by molar-refractivity contribution is -0.124. The first kappa shape index (κ1) is 16.9. The topological polar surface area (TPSA) is 54.5 Å². The number of benzene rings is 1. The van der Waals surface area contributed by atoms with Crippen LogP contribution in [0.5, 0.6) is 0 Å². The van der Waals surface area contributed by atoms with Crippen molar-refractivity contribution in [3.05, 3.63) is 64.9 Å². The molecule has 1 aromatic heterocycles. The van der Waals surface area contributed by atoms with Gasteiger partial charge in [0.15, 0.2) is 0 Å². The van der Waals surface area contributed by atoms with Crippen LogP contribution < -0.4 is 5.32 Å². The Balaban J connectivity index is 1.49. The maximum Gasteiger partial charge on any atom is 0.234 e. The monoisotopic (exact) mass is 345 g/mol. The number of pyridine rings is 1. The van der Waals surface area contributed by atoms with E-state index in [1.807, 2.05) is 42.5 Å². The molecule has 3 rings (SSSR count). The fourth-order valence-electron chi connectivity index (χ4n) is 2.68. The summed E-state index contributed by atoms with van der Waals surface area (Å²) in [6, 6.07) is 13.3. The number of hydrogen-bond acceptors (Lipinski definition) is 4. The van der Waals surface area contributed by atoms with Crippen LogP contribution in [-0.4, -0.2) is 42.0 Å². The highest BCUT2D eigenvalue weighted by Crippen LogP contribution is 2.23. The molecule has 5 nitrogen and oxygen atoms in total. The predicted molar refractivity (Wildman–Crippen MR) is 92.7 cm³/mol. The van der Waals surface area contributed by atoms with Crippen LogP contribution in [0.25, 0.3) is 0 Å². The van der Waals surface area contributed by atoms with Gasteiger partial charge in [-0.3, -0.25) is 14.7 Å². The van der Waals surface area contributed by atoms with Crippen LogP contribution in [-0.2, 0) is 16.1 Å². The van der Waals surface area contributed by atoms with Gasteiger partial charge in [0.25, 0.3) is 0 Å². The van der Waals surface area contributed by atoms with Gasteiger partial charge >= 0.3 is 0 Å². The van der Waals surface area contributed by atoms with Crippen molar-refractivity contribution in [3.8, 4) is 0 Å². The van der Waals surface area contributed by atoms with Crippen LogP contribution >= 0.6 is 11.6 Å². The number of halogens is 1. The molecule has 1 amide bonds. The van der Waals surface area contributed by atoms with Gasteiger partial charge in [0.05, 0.1) is 31.5 Å². The lowest BCUT2D eigenvalue weighted by atomic mass is 10.1. The maximum absolute atomic E-state index is 12.1. The molecule has 126 valence electrons. The van der Waals surface area contributed by atoms with Crippen molar-refractivity contribution in [3.63, 3.8) is 0 Å². The zero-order valence-electron chi connectivity index (χ0n) is 13.3. The molecule has 0 radical (unpaired) electrons. The van der Waals surface area contributed by atoms with Crippen molar-refractivity contribution < 1.29 is 9.53 Å².